The molecule has 11 nitrogen and oxygen atoms in total. The first-order chi connectivity index (χ1) is 11.6. The molecule has 0 rings (SSSR count). The monoisotopic (exact) mass is 365 g/mol. The zero-order valence-electron chi connectivity index (χ0n) is 14.2. The molecule has 0 radical (unpaired) electrons. The van der Waals surface area contributed by atoms with Gasteiger partial charge >= 0.3 is 17.9 Å². The maximum Gasteiger partial charge on any atom is 0.317 e. The molecule has 11 heteroatoms. The largest absolute Gasteiger partial charge is 0.480 e. The third-order valence-corrected chi connectivity index (χ3v) is 3.41. The quantitative estimate of drug-likeness (QED) is 0.195. The summed E-state index contributed by atoms with van der Waals surface area (Å²) in [5, 5.41) is 44.7. The molecule has 0 aromatic carbocycles. The highest BCUT2D eigenvalue weighted by atomic mass is 16.5. The first kappa shape index (κ1) is 23.2. The number of carboxylic acid groups (broad SMARTS) is 3. The van der Waals surface area contributed by atoms with Crippen LogP contribution in [0.1, 0.15) is 6.92 Å². The van der Waals surface area contributed by atoms with Crippen LogP contribution in [0.15, 0.2) is 0 Å². The minimum atomic E-state index is -1.61. The molecule has 0 unspecified atom stereocenters. The molecule has 0 aromatic heterocycles. The number of carbonyl (C=O) groups is 3. The summed E-state index contributed by atoms with van der Waals surface area (Å²) in [4.78, 5) is 36.8. The fourth-order valence-corrected chi connectivity index (χ4v) is 2.23. The van der Waals surface area contributed by atoms with Crippen LogP contribution in [0.5, 0.6) is 0 Å². The lowest BCUT2D eigenvalue weighted by molar-refractivity contribution is -0.142. The van der Waals surface area contributed by atoms with Crippen molar-refractivity contribution in [3.63, 3.8) is 0 Å². The molecule has 0 aromatic rings. The number of hydrogen-bond acceptors (Lipinski definition) is 8. The van der Waals surface area contributed by atoms with E-state index in [9.17, 15) is 14.4 Å². The molecule has 0 saturated heterocycles. The van der Waals surface area contributed by atoms with Crippen molar-refractivity contribution in [3.05, 3.63) is 0 Å². The SMILES string of the molecule is CCN(CCN(CCN(CC(=O)O)CC(=O)O)CC(O)O)CC(=O)O. The van der Waals surface area contributed by atoms with Gasteiger partial charge in [-0.15, -0.1) is 0 Å². The van der Waals surface area contributed by atoms with E-state index >= 15 is 0 Å². The van der Waals surface area contributed by atoms with E-state index in [4.69, 9.17) is 25.5 Å². The summed E-state index contributed by atoms with van der Waals surface area (Å²) in [5.41, 5.74) is 0. The number of rotatable bonds is 15. The lowest BCUT2D eigenvalue weighted by atomic mass is 10.3. The van der Waals surface area contributed by atoms with Gasteiger partial charge in [0.15, 0.2) is 6.29 Å². The van der Waals surface area contributed by atoms with Crippen LogP contribution >= 0.6 is 0 Å². The van der Waals surface area contributed by atoms with Gasteiger partial charge in [0, 0.05) is 32.7 Å². The molecule has 0 aliphatic rings. The zero-order chi connectivity index (χ0) is 19.4. The number of likely N-dealkylation sites (N-methyl/N-ethyl adjacent to an activating group) is 1. The zero-order valence-corrected chi connectivity index (χ0v) is 14.2. The van der Waals surface area contributed by atoms with E-state index in [0.29, 0.717) is 19.6 Å². The number of hydrogen-bond donors (Lipinski definition) is 5. The van der Waals surface area contributed by atoms with E-state index in [-0.39, 0.29) is 26.2 Å². The van der Waals surface area contributed by atoms with Crippen LogP contribution in [0, 0.1) is 0 Å². The Kier molecular flexibility index (Phi) is 11.7. The third-order valence-electron chi connectivity index (χ3n) is 3.41. The van der Waals surface area contributed by atoms with Gasteiger partial charge in [-0.3, -0.25) is 29.1 Å². The summed E-state index contributed by atoms with van der Waals surface area (Å²) < 4.78 is 0. The molecule has 5 N–H and O–H groups in total. The molecule has 0 aliphatic carbocycles. The predicted octanol–water partition coefficient (Wildman–Crippen LogP) is -2.52. The van der Waals surface area contributed by atoms with Crippen LogP contribution in [0.4, 0.5) is 0 Å². The van der Waals surface area contributed by atoms with Crippen LogP contribution in [0.2, 0.25) is 0 Å². The number of aliphatic carboxylic acids is 3. The molecule has 0 bridgehead atoms. The van der Waals surface area contributed by atoms with Gasteiger partial charge in [0.2, 0.25) is 0 Å². The van der Waals surface area contributed by atoms with Crippen molar-refractivity contribution in [3.8, 4) is 0 Å². The fraction of sp³-hybridized carbons (Fsp3) is 0.786. The van der Waals surface area contributed by atoms with Crippen LogP contribution in [0.25, 0.3) is 0 Å². The van der Waals surface area contributed by atoms with E-state index in [0.717, 1.165) is 0 Å². The lowest BCUT2D eigenvalue weighted by Crippen LogP contribution is -2.45. The Morgan fingerprint density at radius 2 is 1.08 bits per heavy atom. The Balaban J connectivity index is 4.64. The summed E-state index contributed by atoms with van der Waals surface area (Å²) in [7, 11) is 0. The molecule has 0 spiro atoms. The molecule has 146 valence electrons. The van der Waals surface area contributed by atoms with Gasteiger partial charge in [0.1, 0.15) is 0 Å². The normalized spacial score (nSPS) is 11.6. The van der Waals surface area contributed by atoms with E-state index in [2.05, 4.69) is 0 Å². The number of aliphatic hydroxyl groups is 2. The van der Waals surface area contributed by atoms with E-state index < -0.39 is 37.3 Å². The van der Waals surface area contributed by atoms with Gasteiger partial charge in [-0.1, -0.05) is 6.92 Å². The Bertz CT molecular complexity index is 416. The summed E-state index contributed by atoms with van der Waals surface area (Å²) in [6.45, 7) is 2.18. The van der Waals surface area contributed by atoms with Gasteiger partial charge in [0.25, 0.3) is 0 Å². The van der Waals surface area contributed by atoms with Crippen molar-refractivity contribution in [1.29, 1.82) is 0 Å². The Hall–Kier alpha value is -1.79. The molecular weight excluding hydrogens is 338 g/mol. The molecule has 0 heterocycles. The van der Waals surface area contributed by atoms with Gasteiger partial charge in [-0.25, -0.2) is 0 Å². The van der Waals surface area contributed by atoms with Crippen molar-refractivity contribution in [2.24, 2.45) is 0 Å². The van der Waals surface area contributed by atoms with E-state index in [1.165, 1.54) is 4.90 Å². The first-order valence-electron chi connectivity index (χ1n) is 7.82. The second kappa shape index (κ2) is 12.6. The molecule has 0 aliphatic heterocycles. The van der Waals surface area contributed by atoms with Gasteiger partial charge in [0.05, 0.1) is 19.6 Å². The minimum Gasteiger partial charge on any atom is -0.480 e. The minimum absolute atomic E-state index is 0.108. The number of aliphatic hydroxyl groups excluding tert-OH is 1. The van der Waals surface area contributed by atoms with Crippen molar-refractivity contribution < 1.29 is 39.9 Å². The molecule has 25 heavy (non-hydrogen) atoms. The second-order valence-electron chi connectivity index (χ2n) is 5.54. The van der Waals surface area contributed by atoms with Crippen molar-refractivity contribution in [2.45, 2.75) is 13.2 Å². The number of carboxylic acids is 3. The van der Waals surface area contributed by atoms with Crippen LogP contribution < -0.4 is 0 Å². The third kappa shape index (κ3) is 13.2. The summed E-state index contributed by atoms with van der Waals surface area (Å²) in [6.07, 6.45) is -1.61. The Morgan fingerprint density at radius 1 is 0.720 bits per heavy atom. The van der Waals surface area contributed by atoms with Crippen molar-refractivity contribution >= 4 is 17.9 Å². The molecule has 0 saturated carbocycles. The Morgan fingerprint density at radius 3 is 1.44 bits per heavy atom. The maximum atomic E-state index is 10.8. The fourth-order valence-electron chi connectivity index (χ4n) is 2.23. The second-order valence-corrected chi connectivity index (χ2v) is 5.54. The average Bonchev–Trinajstić information content (AvgIpc) is 2.46. The van der Waals surface area contributed by atoms with Crippen LogP contribution in [0.3, 0.4) is 0 Å². The highest BCUT2D eigenvalue weighted by molar-refractivity contribution is 5.72. The molecule has 0 fully saturated rings. The van der Waals surface area contributed by atoms with E-state index in [1.54, 1.807) is 16.7 Å². The van der Waals surface area contributed by atoms with Crippen molar-refractivity contribution in [2.75, 3.05) is 58.9 Å². The molecule has 0 atom stereocenters. The summed E-state index contributed by atoms with van der Waals surface area (Å²) in [5.74, 6) is -3.29. The van der Waals surface area contributed by atoms with Gasteiger partial charge in [-0.05, 0) is 6.54 Å². The molecular formula is C14H27N3O8. The van der Waals surface area contributed by atoms with Crippen molar-refractivity contribution in [1.82, 2.24) is 14.7 Å². The standard InChI is InChI=1S/C14H27N3O8/c1-2-15(7-11(18)19)3-4-16(8-12(20)21)5-6-17(9-13(22)23)10-14(24)25/h12,20-21H,2-10H2,1H3,(H,18,19)(H,22,23)(H,24,25). The highest BCUT2D eigenvalue weighted by Gasteiger charge is 2.17. The molecule has 0 amide bonds. The summed E-state index contributed by atoms with van der Waals surface area (Å²) in [6, 6.07) is 0. The maximum absolute atomic E-state index is 10.8. The smallest absolute Gasteiger partial charge is 0.317 e. The van der Waals surface area contributed by atoms with Crippen LogP contribution in [-0.2, 0) is 14.4 Å². The number of nitrogens with zero attached hydrogens (tertiary/aromatic N) is 3. The predicted molar refractivity (Wildman–Crippen MR) is 86.1 cm³/mol. The first-order valence-corrected chi connectivity index (χ1v) is 7.82. The highest BCUT2D eigenvalue weighted by Crippen LogP contribution is 1.97. The lowest BCUT2D eigenvalue weighted by Gasteiger charge is -2.28. The van der Waals surface area contributed by atoms with Crippen LogP contribution in [-0.4, -0.2) is 123 Å². The van der Waals surface area contributed by atoms with E-state index in [1.807, 2.05) is 0 Å². The topological polar surface area (TPSA) is 162 Å². The summed E-state index contributed by atoms with van der Waals surface area (Å²) >= 11 is 0. The van der Waals surface area contributed by atoms with Gasteiger partial charge in [-0.2, -0.15) is 0 Å². The Labute approximate surface area is 145 Å². The average molecular weight is 365 g/mol. The van der Waals surface area contributed by atoms with Gasteiger partial charge < -0.3 is 25.5 Å².